The Balaban J connectivity index is 2.05. The second kappa shape index (κ2) is 6.64. The molecule has 0 bridgehead atoms. The Morgan fingerprint density at radius 1 is 1.18 bits per heavy atom. The van der Waals surface area contributed by atoms with E-state index in [4.69, 9.17) is 5.11 Å². The molecule has 1 amide bonds. The fourth-order valence-corrected chi connectivity index (χ4v) is 2.64. The number of hydrogen-bond acceptors (Lipinski definition) is 2. The van der Waals surface area contributed by atoms with Crippen LogP contribution in [0.5, 0.6) is 0 Å². The summed E-state index contributed by atoms with van der Waals surface area (Å²) in [6.45, 7) is 0.0967. The van der Waals surface area contributed by atoms with E-state index in [1.807, 2.05) is 0 Å². The molecule has 1 fully saturated rings. The monoisotopic (exact) mass is 319 g/mol. The Morgan fingerprint density at radius 2 is 1.82 bits per heavy atom. The minimum absolute atomic E-state index is 0.0967. The summed E-state index contributed by atoms with van der Waals surface area (Å²) in [4.78, 5) is 12.0. The van der Waals surface area contributed by atoms with Crippen LogP contribution in [0.2, 0.25) is 0 Å². The summed E-state index contributed by atoms with van der Waals surface area (Å²) in [7, 11) is 0. The van der Waals surface area contributed by atoms with E-state index in [2.05, 4.69) is 5.32 Å². The molecule has 7 heteroatoms. The van der Waals surface area contributed by atoms with Gasteiger partial charge in [-0.3, -0.25) is 4.79 Å². The Kier molecular flexibility index (Phi) is 5.05. The van der Waals surface area contributed by atoms with E-state index >= 15 is 0 Å². The number of alkyl halides is 3. The van der Waals surface area contributed by atoms with E-state index in [0.29, 0.717) is 25.0 Å². The molecule has 1 aliphatic carbocycles. The molecule has 0 aliphatic heterocycles. The molecule has 1 aliphatic rings. The lowest BCUT2D eigenvalue weighted by Crippen LogP contribution is -2.38. The largest absolute Gasteiger partial charge is 0.416 e. The van der Waals surface area contributed by atoms with Crippen molar-refractivity contribution in [3.8, 4) is 0 Å². The van der Waals surface area contributed by atoms with E-state index < -0.39 is 23.5 Å². The number of nitrogens with one attached hydrogen (secondary N) is 1. The predicted octanol–water partition coefficient (Wildman–Crippen LogP) is 3.13. The number of benzene rings is 1. The second-order valence-electron chi connectivity index (χ2n) is 5.60. The first-order valence-corrected chi connectivity index (χ1v) is 7.09. The lowest BCUT2D eigenvalue weighted by atomic mass is 9.86. The van der Waals surface area contributed by atoms with Crippen LogP contribution >= 0.6 is 0 Å². The Hall–Kier alpha value is -1.63. The molecule has 2 N–H and O–H groups in total. The van der Waals surface area contributed by atoms with Gasteiger partial charge in [0.25, 0.3) is 5.91 Å². The molecule has 1 saturated carbocycles. The summed E-state index contributed by atoms with van der Waals surface area (Å²) in [5, 5.41) is 11.7. The van der Waals surface area contributed by atoms with Gasteiger partial charge in [-0.2, -0.15) is 13.2 Å². The summed E-state index contributed by atoms with van der Waals surface area (Å²) in [6.07, 6.45) is -1.90. The van der Waals surface area contributed by atoms with E-state index in [0.717, 1.165) is 18.9 Å². The highest BCUT2D eigenvalue weighted by atomic mass is 19.4. The zero-order valence-electron chi connectivity index (χ0n) is 11.8. The van der Waals surface area contributed by atoms with Crippen LogP contribution in [0.3, 0.4) is 0 Å². The maximum absolute atomic E-state index is 13.3. The highest BCUT2D eigenvalue weighted by molar-refractivity contribution is 5.94. The smallest absolute Gasteiger partial charge is 0.396 e. The summed E-state index contributed by atoms with van der Waals surface area (Å²) < 4.78 is 51.2. The van der Waals surface area contributed by atoms with Gasteiger partial charge in [-0.15, -0.1) is 0 Å². The molecule has 3 nitrogen and oxygen atoms in total. The van der Waals surface area contributed by atoms with Crippen LogP contribution < -0.4 is 5.32 Å². The molecule has 122 valence electrons. The maximum Gasteiger partial charge on any atom is 0.416 e. The van der Waals surface area contributed by atoms with Crippen molar-refractivity contribution in [3.63, 3.8) is 0 Å². The van der Waals surface area contributed by atoms with E-state index in [-0.39, 0.29) is 24.1 Å². The molecule has 22 heavy (non-hydrogen) atoms. The Bertz CT molecular complexity index is 537. The van der Waals surface area contributed by atoms with Crippen LogP contribution in [0.25, 0.3) is 0 Å². The van der Waals surface area contributed by atoms with Gasteiger partial charge in [-0.05, 0) is 49.8 Å². The van der Waals surface area contributed by atoms with Gasteiger partial charge in [0.05, 0.1) is 5.56 Å². The Morgan fingerprint density at radius 3 is 2.36 bits per heavy atom. The van der Waals surface area contributed by atoms with Crippen molar-refractivity contribution < 1.29 is 27.5 Å². The minimum atomic E-state index is -4.70. The molecule has 0 atom stereocenters. The highest BCUT2D eigenvalue weighted by Crippen LogP contribution is 2.30. The van der Waals surface area contributed by atoms with Gasteiger partial charge < -0.3 is 10.4 Å². The van der Waals surface area contributed by atoms with Crippen LogP contribution in [0, 0.1) is 11.7 Å². The number of rotatable bonds is 3. The average Bonchev–Trinajstić information content (AvgIpc) is 2.46. The highest BCUT2D eigenvalue weighted by Gasteiger charge is 2.32. The summed E-state index contributed by atoms with van der Waals surface area (Å²) in [6, 6.07) is 1.65. The predicted molar refractivity (Wildman–Crippen MR) is 71.7 cm³/mol. The van der Waals surface area contributed by atoms with Crippen LogP contribution in [-0.2, 0) is 6.18 Å². The van der Waals surface area contributed by atoms with E-state index in [1.165, 1.54) is 0 Å². The van der Waals surface area contributed by atoms with Crippen molar-refractivity contribution in [3.05, 3.63) is 35.1 Å². The molecule has 1 aromatic rings. The van der Waals surface area contributed by atoms with Crippen LogP contribution in [0.4, 0.5) is 17.6 Å². The van der Waals surface area contributed by atoms with Crippen molar-refractivity contribution in [2.45, 2.75) is 37.9 Å². The first-order chi connectivity index (χ1) is 10.3. The van der Waals surface area contributed by atoms with Crippen molar-refractivity contribution in [1.82, 2.24) is 5.32 Å². The molecule has 0 saturated heterocycles. The van der Waals surface area contributed by atoms with Gasteiger partial charge in [0.1, 0.15) is 5.82 Å². The first-order valence-electron chi connectivity index (χ1n) is 7.09. The molecule has 1 aromatic carbocycles. The fraction of sp³-hybridized carbons (Fsp3) is 0.533. The van der Waals surface area contributed by atoms with Crippen LogP contribution in [0.1, 0.15) is 41.6 Å². The lowest BCUT2D eigenvalue weighted by molar-refractivity contribution is -0.137. The topological polar surface area (TPSA) is 49.3 Å². The van der Waals surface area contributed by atoms with E-state index in [9.17, 15) is 22.4 Å². The third-order valence-electron chi connectivity index (χ3n) is 3.93. The minimum Gasteiger partial charge on any atom is -0.396 e. The van der Waals surface area contributed by atoms with Crippen molar-refractivity contribution >= 4 is 5.91 Å². The number of halogens is 4. The van der Waals surface area contributed by atoms with Crippen molar-refractivity contribution in [2.75, 3.05) is 6.61 Å². The SMILES string of the molecule is O=C(NC1CCC(CO)CC1)c1cc(F)cc(C(F)(F)F)c1. The fourth-order valence-electron chi connectivity index (χ4n) is 2.64. The normalized spacial score (nSPS) is 22.4. The molecule has 0 radical (unpaired) electrons. The Labute approximate surface area is 125 Å². The summed E-state index contributed by atoms with van der Waals surface area (Å²) >= 11 is 0. The molecule has 0 heterocycles. The molecule has 0 spiro atoms. The van der Waals surface area contributed by atoms with Gasteiger partial charge in [-0.25, -0.2) is 4.39 Å². The second-order valence-corrected chi connectivity index (χ2v) is 5.60. The van der Waals surface area contributed by atoms with Gasteiger partial charge in [0, 0.05) is 18.2 Å². The van der Waals surface area contributed by atoms with Gasteiger partial charge in [0.15, 0.2) is 0 Å². The van der Waals surface area contributed by atoms with Gasteiger partial charge >= 0.3 is 6.18 Å². The summed E-state index contributed by atoms with van der Waals surface area (Å²) in [5.41, 5.74) is -1.52. The maximum atomic E-state index is 13.3. The standard InChI is InChI=1S/C15H17F4NO2/c16-12-6-10(5-11(7-12)15(17,18)19)14(22)20-13-3-1-9(8-21)2-4-13/h5-7,9,13,21H,1-4,8H2,(H,20,22). The zero-order valence-corrected chi connectivity index (χ0v) is 11.8. The van der Waals surface area contributed by atoms with Crippen molar-refractivity contribution in [1.29, 1.82) is 0 Å². The third-order valence-corrected chi connectivity index (χ3v) is 3.93. The molecular formula is C15H17F4NO2. The molecule has 0 aromatic heterocycles. The number of aliphatic hydroxyl groups excluding tert-OH is 1. The van der Waals surface area contributed by atoms with Crippen LogP contribution in [-0.4, -0.2) is 23.7 Å². The average molecular weight is 319 g/mol. The molecular weight excluding hydrogens is 302 g/mol. The lowest BCUT2D eigenvalue weighted by Gasteiger charge is -2.28. The zero-order chi connectivity index (χ0) is 16.3. The number of amides is 1. The molecule has 0 unspecified atom stereocenters. The van der Waals surface area contributed by atoms with Gasteiger partial charge in [-0.1, -0.05) is 0 Å². The van der Waals surface area contributed by atoms with Crippen LogP contribution in [0.15, 0.2) is 18.2 Å². The number of carbonyl (C=O) groups is 1. The number of hydrogen-bond donors (Lipinski definition) is 2. The van der Waals surface area contributed by atoms with E-state index in [1.54, 1.807) is 0 Å². The summed E-state index contributed by atoms with van der Waals surface area (Å²) in [5.74, 6) is -1.60. The van der Waals surface area contributed by atoms with Crippen molar-refractivity contribution in [2.24, 2.45) is 5.92 Å². The number of aliphatic hydroxyl groups is 1. The first kappa shape index (κ1) is 16.7. The quantitative estimate of drug-likeness (QED) is 0.841. The van der Waals surface area contributed by atoms with Gasteiger partial charge in [0.2, 0.25) is 0 Å². The number of carbonyl (C=O) groups excluding carboxylic acids is 1. The third kappa shape index (κ3) is 4.19. The molecule has 2 rings (SSSR count).